The third-order valence-corrected chi connectivity index (χ3v) is 9.09. The first-order valence-electron chi connectivity index (χ1n) is 14.1. The minimum Gasteiger partial charge on any atom is -0.510 e. The first-order chi connectivity index (χ1) is 20.1. The maximum atomic E-state index is 14.1. The van der Waals surface area contributed by atoms with Crippen LogP contribution in [-0.4, -0.2) is 82.6 Å². The number of aliphatic hydroxyl groups excluding tert-OH is 2. The highest BCUT2D eigenvalue weighted by molar-refractivity contribution is 6.25. The second-order valence-electron chi connectivity index (χ2n) is 12.2. The number of hydrogen-bond acceptors (Lipinski definition) is 11. The summed E-state index contributed by atoms with van der Waals surface area (Å²) in [5.74, 6) is -5.17. The molecule has 1 amide bonds. The van der Waals surface area contributed by atoms with Crippen LogP contribution in [0.4, 0.5) is 5.69 Å². The number of aromatic hydroxyl groups is 1. The van der Waals surface area contributed by atoms with Gasteiger partial charge in [-0.2, -0.15) is 0 Å². The number of nitrogens with zero attached hydrogens (tertiary/aromatic N) is 2. The number of furan rings is 1. The summed E-state index contributed by atoms with van der Waals surface area (Å²) in [5, 5.41) is 48.9. The average Bonchev–Trinajstić information content (AvgIpc) is 3.23. The molecule has 0 radical (unpaired) electrons. The largest absolute Gasteiger partial charge is 0.510 e. The minimum absolute atomic E-state index is 0.0199. The topological polar surface area (TPSA) is 190 Å². The number of fused-ring (bicyclic) bond motifs is 3. The fourth-order valence-electron chi connectivity index (χ4n) is 6.94. The molecule has 0 bridgehead atoms. The number of likely N-dealkylation sites (N-methyl/N-ethyl adjacent to an activating group) is 1. The molecule has 3 aliphatic rings. The summed E-state index contributed by atoms with van der Waals surface area (Å²) >= 11 is 0. The van der Waals surface area contributed by atoms with Crippen LogP contribution >= 0.6 is 0 Å². The Kier molecular flexibility index (Phi) is 7.44. The zero-order chi connectivity index (χ0) is 31.7. The smallest absolute Gasteiger partial charge is 0.255 e. The van der Waals surface area contributed by atoms with Crippen LogP contribution < -0.4 is 16.0 Å². The number of amides is 1. The Morgan fingerprint density at radius 3 is 2.35 bits per heavy atom. The monoisotopic (exact) mass is 594 g/mol. The van der Waals surface area contributed by atoms with Gasteiger partial charge >= 0.3 is 0 Å². The number of hydrogen-bond donors (Lipinski definition) is 6. The van der Waals surface area contributed by atoms with Gasteiger partial charge in [-0.3, -0.25) is 19.3 Å². The molecule has 3 aliphatic carbocycles. The number of aliphatic hydroxyl groups is 3. The molecule has 12 nitrogen and oxygen atoms in total. The molecule has 5 rings (SSSR count). The fourth-order valence-corrected chi connectivity index (χ4v) is 6.94. The minimum atomic E-state index is -2.68. The first-order valence-corrected chi connectivity index (χ1v) is 14.1. The van der Waals surface area contributed by atoms with Crippen LogP contribution in [-0.2, 0) is 29.1 Å². The van der Waals surface area contributed by atoms with E-state index in [1.54, 1.807) is 20.2 Å². The quantitative estimate of drug-likeness (QED) is 0.256. The third kappa shape index (κ3) is 4.52. The lowest BCUT2D eigenvalue weighted by Gasteiger charge is -2.50. The maximum Gasteiger partial charge on any atom is 0.255 e. The van der Waals surface area contributed by atoms with Crippen molar-refractivity contribution in [3.8, 4) is 5.75 Å². The number of Topliss-reactive ketones (excluding diaryl/α,β-unsaturated/α-hetero) is 2. The number of ketones is 2. The molecule has 12 heteroatoms. The Hall–Kier alpha value is -4.13. The van der Waals surface area contributed by atoms with Gasteiger partial charge in [0.05, 0.1) is 18.2 Å². The summed E-state index contributed by atoms with van der Waals surface area (Å²) in [7, 11) is 6.83. The standard InChI is InChI=1S/C31H38N4O8/c1-13-7-17(43-14(13)2)12-33-11-16-10-20(34(3)4)18-8-15-9-19-24(35(5)6)27(38)23(30(32)41)29(40)31(19,42)28(39)21(15)26(37)22(18)25(16)36/h7,10,15,19,24,33,36,38-39,42H,8-9,11-12H2,1-6H3,(H2,32,41)/t15?,19?,24-,31-/m0/s1. The van der Waals surface area contributed by atoms with Gasteiger partial charge in [0.1, 0.15) is 34.4 Å². The van der Waals surface area contributed by atoms with Crippen LogP contribution in [0.1, 0.15) is 45.0 Å². The summed E-state index contributed by atoms with van der Waals surface area (Å²) in [6.07, 6.45) is 0.249. The predicted molar refractivity (Wildman–Crippen MR) is 157 cm³/mol. The van der Waals surface area contributed by atoms with Crippen molar-refractivity contribution in [1.82, 2.24) is 10.2 Å². The summed E-state index contributed by atoms with van der Waals surface area (Å²) in [5.41, 5.74) is 4.42. The van der Waals surface area contributed by atoms with Crippen molar-refractivity contribution in [2.24, 2.45) is 17.6 Å². The fraction of sp³-hybridized carbons (Fsp3) is 0.452. The van der Waals surface area contributed by atoms with Gasteiger partial charge in [-0.1, -0.05) is 0 Å². The molecule has 0 aliphatic heterocycles. The van der Waals surface area contributed by atoms with Crippen molar-refractivity contribution in [3.05, 3.63) is 68.6 Å². The normalized spacial score (nSPS) is 25.2. The lowest BCUT2D eigenvalue weighted by atomic mass is 9.58. The van der Waals surface area contributed by atoms with E-state index in [-0.39, 0.29) is 36.3 Å². The van der Waals surface area contributed by atoms with Gasteiger partial charge in [0.2, 0.25) is 5.78 Å². The second-order valence-corrected chi connectivity index (χ2v) is 12.2. The maximum absolute atomic E-state index is 14.1. The lowest BCUT2D eigenvalue weighted by molar-refractivity contribution is -0.148. The van der Waals surface area contributed by atoms with Crippen molar-refractivity contribution >= 4 is 23.2 Å². The molecule has 1 aromatic carbocycles. The van der Waals surface area contributed by atoms with E-state index in [0.29, 0.717) is 23.4 Å². The number of nitrogens with one attached hydrogen (secondary N) is 1. The molecular weight excluding hydrogens is 556 g/mol. The zero-order valence-corrected chi connectivity index (χ0v) is 25.1. The van der Waals surface area contributed by atoms with Gasteiger partial charge in [0.15, 0.2) is 11.4 Å². The van der Waals surface area contributed by atoms with E-state index in [2.05, 4.69) is 5.32 Å². The summed E-state index contributed by atoms with van der Waals surface area (Å²) in [4.78, 5) is 43.2. The summed E-state index contributed by atoms with van der Waals surface area (Å²) in [6, 6.07) is 2.69. The molecular formula is C31H38N4O8. The number of nitrogens with two attached hydrogens (primary N) is 1. The molecule has 230 valence electrons. The molecule has 0 saturated carbocycles. The molecule has 2 unspecified atom stereocenters. The number of anilines is 1. The van der Waals surface area contributed by atoms with Crippen molar-refractivity contribution in [2.75, 3.05) is 33.1 Å². The number of carbonyl (C=O) groups excluding carboxylic acids is 3. The van der Waals surface area contributed by atoms with Crippen LogP contribution in [0.5, 0.6) is 5.75 Å². The molecule has 2 aromatic rings. The Balaban J connectivity index is 1.60. The number of benzene rings is 1. The van der Waals surface area contributed by atoms with Crippen molar-refractivity contribution in [1.29, 1.82) is 0 Å². The van der Waals surface area contributed by atoms with E-state index in [0.717, 1.165) is 17.1 Å². The summed E-state index contributed by atoms with van der Waals surface area (Å²) < 4.78 is 5.71. The van der Waals surface area contributed by atoms with Gasteiger partial charge in [0, 0.05) is 43.4 Å². The van der Waals surface area contributed by atoms with E-state index in [4.69, 9.17) is 10.2 Å². The highest BCUT2D eigenvalue weighted by Gasteiger charge is 2.63. The number of aryl methyl sites for hydroxylation is 2. The second kappa shape index (κ2) is 10.5. The van der Waals surface area contributed by atoms with Crippen LogP contribution in [0.25, 0.3) is 0 Å². The molecule has 4 atom stereocenters. The highest BCUT2D eigenvalue weighted by atomic mass is 16.4. The van der Waals surface area contributed by atoms with E-state index in [1.165, 1.54) is 4.90 Å². The average molecular weight is 595 g/mol. The summed E-state index contributed by atoms with van der Waals surface area (Å²) in [6.45, 7) is 4.40. The van der Waals surface area contributed by atoms with Crippen LogP contribution in [0.15, 0.2) is 39.2 Å². The Labute approximate surface area is 249 Å². The SMILES string of the molecule is Cc1cc(CNCc2cc(N(C)C)c3c(c2O)C(=O)C2=C(O)[C@]4(O)C(=O)C(C(N)=O)=C(O)[C@@H](N(C)C)C4CC2C3)oc1C. The van der Waals surface area contributed by atoms with Crippen molar-refractivity contribution in [3.63, 3.8) is 0 Å². The van der Waals surface area contributed by atoms with Gasteiger partial charge in [0.25, 0.3) is 5.91 Å². The first kappa shape index (κ1) is 30.3. The number of allylic oxidation sites excluding steroid dienone is 1. The number of phenols is 1. The number of primary amides is 1. The Bertz CT molecular complexity index is 1600. The van der Waals surface area contributed by atoms with Gasteiger partial charge in [-0.25, -0.2) is 0 Å². The van der Waals surface area contributed by atoms with E-state index in [1.807, 2.05) is 38.9 Å². The zero-order valence-electron chi connectivity index (χ0n) is 25.1. The molecule has 0 fully saturated rings. The van der Waals surface area contributed by atoms with Crippen molar-refractivity contribution < 1.29 is 39.2 Å². The van der Waals surface area contributed by atoms with Crippen LogP contribution in [0.2, 0.25) is 0 Å². The molecule has 0 spiro atoms. The number of phenolic OH excluding ortho intramolecular Hbond substituents is 1. The lowest BCUT2D eigenvalue weighted by Crippen LogP contribution is -2.63. The Morgan fingerprint density at radius 2 is 1.79 bits per heavy atom. The molecule has 0 saturated heterocycles. The molecule has 43 heavy (non-hydrogen) atoms. The molecule has 7 N–H and O–H groups in total. The van der Waals surface area contributed by atoms with Crippen molar-refractivity contribution in [2.45, 2.75) is 51.4 Å². The van der Waals surface area contributed by atoms with Crippen LogP contribution in [0.3, 0.4) is 0 Å². The van der Waals surface area contributed by atoms with E-state index in [9.17, 15) is 34.8 Å². The number of rotatable bonds is 7. The third-order valence-electron chi connectivity index (χ3n) is 9.09. The molecule has 1 aromatic heterocycles. The van der Waals surface area contributed by atoms with E-state index < -0.39 is 58.0 Å². The van der Waals surface area contributed by atoms with Gasteiger partial charge in [-0.05, 0) is 70.0 Å². The van der Waals surface area contributed by atoms with Gasteiger partial charge < -0.3 is 40.8 Å². The highest BCUT2D eigenvalue weighted by Crippen LogP contribution is 2.53. The van der Waals surface area contributed by atoms with Crippen LogP contribution in [0, 0.1) is 25.7 Å². The van der Waals surface area contributed by atoms with Gasteiger partial charge in [-0.15, -0.1) is 0 Å². The van der Waals surface area contributed by atoms with E-state index >= 15 is 0 Å². The Morgan fingerprint density at radius 1 is 1.12 bits per heavy atom. The number of carbonyl (C=O) groups is 3. The predicted octanol–water partition coefficient (Wildman–Crippen LogP) is 1.69. The molecule has 1 heterocycles.